The van der Waals surface area contributed by atoms with E-state index in [1.54, 1.807) is 6.20 Å². The number of amides is 1. The third-order valence-electron chi connectivity index (χ3n) is 7.45. The second-order valence-electron chi connectivity index (χ2n) is 8.94. The summed E-state index contributed by atoms with van der Waals surface area (Å²) in [5.74, 6) is 0.908. The Kier molecular flexibility index (Phi) is 3.55. The molecular formula is C21H28N2O3. The first-order chi connectivity index (χ1) is 12.4. The Morgan fingerprint density at radius 3 is 2.85 bits per heavy atom. The minimum absolute atomic E-state index is 0.0333. The smallest absolute Gasteiger partial charge is 0.228 e. The first-order valence-corrected chi connectivity index (χ1v) is 10.0. The van der Waals surface area contributed by atoms with E-state index in [9.17, 15) is 4.79 Å². The number of aromatic nitrogens is 1. The molecule has 1 amide bonds. The molecule has 4 fully saturated rings. The van der Waals surface area contributed by atoms with Gasteiger partial charge in [0, 0.05) is 24.5 Å². The van der Waals surface area contributed by atoms with Crippen LogP contribution < -0.4 is 0 Å². The Bertz CT molecular complexity index is 725. The molecule has 140 valence electrons. The van der Waals surface area contributed by atoms with Gasteiger partial charge >= 0.3 is 0 Å². The van der Waals surface area contributed by atoms with Crippen LogP contribution in [0.5, 0.6) is 0 Å². The normalized spacial score (nSPS) is 47.0. The summed E-state index contributed by atoms with van der Waals surface area (Å²) in [5.41, 5.74) is 0.547. The van der Waals surface area contributed by atoms with E-state index in [1.807, 2.05) is 23.1 Å². The summed E-state index contributed by atoms with van der Waals surface area (Å²) in [5, 5.41) is 0. The molecule has 26 heavy (non-hydrogen) atoms. The van der Waals surface area contributed by atoms with Gasteiger partial charge in [-0.1, -0.05) is 19.9 Å². The average molecular weight is 356 g/mol. The van der Waals surface area contributed by atoms with Crippen LogP contribution in [0.4, 0.5) is 0 Å². The summed E-state index contributed by atoms with van der Waals surface area (Å²) in [7, 11) is 0. The van der Waals surface area contributed by atoms with Crippen molar-refractivity contribution in [3.8, 4) is 0 Å². The topological polar surface area (TPSA) is 51.7 Å². The summed E-state index contributed by atoms with van der Waals surface area (Å²) in [6.45, 7) is 6.98. The number of pyridine rings is 1. The van der Waals surface area contributed by atoms with E-state index in [-0.39, 0.29) is 29.6 Å². The minimum atomic E-state index is -0.566. The standard InChI is InChI=1S/C21H28N2O3/c1-13-7-8-17-14(2)18(24)23(12-15-6-4-5-11-22-15)19-21(17)16(13)9-10-20(3,25-19)26-21/h4-6,11,13-14,16-17,19H,7-10,12H2,1-3H3/t13-,14-,16+,17+,19-,20-,21-/m1/s1. The first kappa shape index (κ1) is 16.7. The monoisotopic (exact) mass is 356 g/mol. The van der Waals surface area contributed by atoms with Crippen LogP contribution in [-0.4, -0.2) is 33.4 Å². The lowest BCUT2D eigenvalue weighted by Gasteiger charge is -2.59. The second-order valence-corrected chi connectivity index (χ2v) is 8.94. The van der Waals surface area contributed by atoms with Crippen molar-refractivity contribution in [2.45, 2.75) is 70.6 Å². The van der Waals surface area contributed by atoms with E-state index in [0.717, 1.165) is 25.0 Å². The SMILES string of the molecule is C[C@@H]1CC[C@H]2[C@@H](C)C(=O)N(Cc3ccccn3)[C@@H]3O[C@@]4(C)CC[C@@H]1[C@@]23O4. The summed E-state index contributed by atoms with van der Waals surface area (Å²) >= 11 is 0. The predicted molar refractivity (Wildman–Crippen MR) is 95.7 cm³/mol. The maximum atomic E-state index is 13.3. The maximum Gasteiger partial charge on any atom is 0.228 e. The van der Waals surface area contributed by atoms with Crippen LogP contribution in [0.3, 0.4) is 0 Å². The van der Waals surface area contributed by atoms with Crippen LogP contribution in [0.15, 0.2) is 24.4 Å². The first-order valence-electron chi connectivity index (χ1n) is 10.0. The molecule has 1 saturated carbocycles. The highest BCUT2D eigenvalue weighted by molar-refractivity contribution is 5.80. The van der Waals surface area contributed by atoms with Crippen molar-refractivity contribution in [2.75, 3.05) is 0 Å². The van der Waals surface area contributed by atoms with Gasteiger partial charge in [0.25, 0.3) is 0 Å². The quantitative estimate of drug-likeness (QED) is 0.815. The molecule has 1 aromatic heterocycles. The van der Waals surface area contributed by atoms with E-state index in [4.69, 9.17) is 9.47 Å². The zero-order valence-corrected chi connectivity index (χ0v) is 15.9. The third kappa shape index (κ3) is 2.10. The van der Waals surface area contributed by atoms with Gasteiger partial charge in [-0.05, 0) is 50.2 Å². The fourth-order valence-electron chi connectivity index (χ4n) is 6.25. The second kappa shape index (κ2) is 5.52. The van der Waals surface area contributed by atoms with Gasteiger partial charge < -0.3 is 14.4 Å². The molecule has 7 atom stereocenters. The highest BCUT2D eigenvalue weighted by atomic mass is 16.8. The molecule has 3 aliphatic heterocycles. The van der Waals surface area contributed by atoms with Crippen molar-refractivity contribution in [1.29, 1.82) is 0 Å². The number of hydrogen-bond donors (Lipinski definition) is 0. The molecule has 4 heterocycles. The zero-order valence-electron chi connectivity index (χ0n) is 15.9. The van der Waals surface area contributed by atoms with Crippen LogP contribution in [-0.2, 0) is 20.8 Å². The molecule has 0 unspecified atom stereocenters. The number of rotatable bonds is 2. The van der Waals surface area contributed by atoms with E-state index in [0.29, 0.717) is 18.4 Å². The summed E-state index contributed by atoms with van der Waals surface area (Å²) < 4.78 is 13.3. The lowest BCUT2D eigenvalue weighted by atomic mass is 9.56. The van der Waals surface area contributed by atoms with Crippen molar-refractivity contribution in [3.05, 3.63) is 30.1 Å². The van der Waals surface area contributed by atoms with E-state index in [1.165, 1.54) is 6.42 Å². The molecule has 4 aliphatic rings. The van der Waals surface area contributed by atoms with Crippen molar-refractivity contribution in [3.63, 3.8) is 0 Å². The Balaban J connectivity index is 1.59. The van der Waals surface area contributed by atoms with Gasteiger partial charge in [-0.3, -0.25) is 9.78 Å². The summed E-state index contributed by atoms with van der Waals surface area (Å²) in [6, 6.07) is 5.85. The Hall–Kier alpha value is -1.46. The fourth-order valence-corrected chi connectivity index (χ4v) is 6.25. The van der Waals surface area contributed by atoms with Crippen LogP contribution >= 0.6 is 0 Å². The molecule has 1 spiro atoms. The van der Waals surface area contributed by atoms with Crippen molar-refractivity contribution < 1.29 is 14.3 Å². The fraction of sp³-hybridized carbons (Fsp3) is 0.714. The van der Waals surface area contributed by atoms with Crippen molar-refractivity contribution in [1.82, 2.24) is 9.88 Å². The third-order valence-corrected chi connectivity index (χ3v) is 7.45. The molecular weight excluding hydrogens is 328 g/mol. The lowest BCUT2D eigenvalue weighted by Crippen LogP contribution is -2.70. The van der Waals surface area contributed by atoms with Gasteiger partial charge in [-0.25, -0.2) is 0 Å². The molecule has 0 N–H and O–H groups in total. The van der Waals surface area contributed by atoms with E-state index in [2.05, 4.69) is 25.8 Å². The number of fused-ring (bicyclic) bond motifs is 1. The Labute approximate surface area is 155 Å². The van der Waals surface area contributed by atoms with Gasteiger partial charge in [0.15, 0.2) is 12.0 Å². The van der Waals surface area contributed by atoms with Gasteiger partial charge in [0.05, 0.1) is 12.2 Å². The molecule has 5 heteroatoms. The number of nitrogens with zero attached hydrogens (tertiary/aromatic N) is 2. The number of ether oxygens (including phenoxy) is 2. The minimum Gasteiger partial charge on any atom is -0.338 e. The van der Waals surface area contributed by atoms with Crippen LogP contribution in [0.2, 0.25) is 0 Å². The molecule has 3 saturated heterocycles. The van der Waals surface area contributed by atoms with Crippen LogP contribution in [0.25, 0.3) is 0 Å². The van der Waals surface area contributed by atoms with Gasteiger partial charge in [0.2, 0.25) is 5.91 Å². The molecule has 5 rings (SSSR count). The van der Waals surface area contributed by atoms with Crippen LogP contribution in [0.1, 0.15) is 52.1 Å². The average Bonchev–Trinajstić information content (AvgIpc) is 2.86. The summed E-state index contributed by atoms with van der Waals surface area (Å²) in [4.78, 5) is 19.7. The van der Waals surface area contributed by atoms with Gasteiger partial charge in [-0.2, -0.15) is 0 Å². The molecule has 1 aromatic rings. The van der Waals surface area contributed by atoms with Crippen molar-refractivity contribution >= 4 is 5.91 Å². The van der Waals surface area contributed by atoms with Gasteiger partial charge in [-0.15, -0.1) is 0 Å². The largest absolute Gasteiger partial charge is 0.338 e. The number of carbonyl (C=O) groups is 1. The van der Waals surface area contributed by atoms with Crippen molar-refractivity contribution in [2.24, 2.45) is 23.7 Å². The van der Waals surface area contributed by atoms with E-state index >= 15 is 0 Å². The Morgan fingerprint density at radius 1 is 1.23 bits per heavy atom. The molecule has 1 aliphatic carbocycles. The highest BCUT2D eigenvalue weighted by Gasteiger charge is 2.72. The molecule has 0 aromatic carbocycles. The number of piperidine rings is 1. The van der Waals surface area contributed by atoms with Crippen LogP contribution in [0, 0.1) is 23.7 Å². The molecule has 2 bridgehead atoms. The van der Waals surface area contributed by atoms with E-state index < -0.39 is 5.79 Å². The summed E-state index contributed by atoms with van der Waals surface area (Å²) in [6.07, 6.45) is 5.76. The number of likely N-dealkylation sites (tertiary alicyclic amines) is 1. The maximum absolute atomic E-state index is 13.3. The molecule has 0 radical (unpaired) electrons. The molecule has 5 nitrogen and oxygen atoms in total. The Morgan fingerprint density at radius 2 is 2.08 bits per heavy atom. The zero-order chi connectivity index (χ0) is 18.1. The number of hydrogen-bond acceptors (Lipinski definition) is 4. The van der Waals surface area contributed by atoms with Gasteiger partial charge in [0.1, 0.15) is 5.60 Å². The lowest BCUT2D eigenvalue weighted by molar-refractivity contribution is -0.254. The number of carbonyl (C=O) groups excluding carboxylic acids is 1. The highest BCUT2D eigenvalue weighted by Crippen LogP contribution is 2.63. The predicted octanol–water partition coefficient (Wildman–Crippen LogP) is 3.34.